The van der Waals surface area contributed by atoms with Gasteiger partial charge >= 0.3 is 0 Å². The summed E-state index contributed by atoms with van der Waals surface area (Å²) in [7, 11) is 0. The van der Waals surface area contributed by atoms with Crippen molar-refractivity contribution in [1.82, 2.24) is 0 Å². The number of hydrogen-bond donors (Lipinski definition) is 1. The van der Waals surface area contributed by atoms with Gasteiger partial charge in [0.1, 0.15) is 6.04 Å². The summed E-state index contributed by atoms with van der Waals surface area (Å²) >= 11 is 0. The van der Waals surface area contributed by atoms with Crippen molar-refractivity contribution in [3.63, 3.8) is 0 Å². The molecule has 0 saturated heterocycles. The van der Waals surface area contributed by atoms with E-state index in [4.69, 9.17) is 0 Å². The van der Waals surface area contributed by atoms with Crippen molar-refractivity contribution < 1.29 is 9.90 Å². The minimum atomic E-state index is -0.594. The summed E-state index contributed by atoms with van der Waals surface area (Å²) in [6.45, 7) is 1.80. The summed E-state index contributed by atoms with van der Waals surface area (Å²) < 4.78 is 0. The molecular weight excluding hydrogens is 206 g/mol. The van der Waals surface area contributed by atoms with Crippen molar-refractivity contribution in [3.8, 4) is 0 Å². The first-order chi connectivity index (χ1) is 7.61. The second-order valence-electron chi connectivity index (χ2n) is 4.77. The van der Waals surface area contributed by atoms with Crippen molar-refractivity contribution in [2.24, 2.45) is 16.5 Å². The molecule has 0 aromatic carbocycles. The first kappa shape index (κ1) is 11.2. The lowest BCUT2D eigenvalue weighted by Crippen LogP contribution is -2.35. The van der Waals surface area contributed by atoms with Crippen LogP contribution < -0.4 is 0 Å². The van der Waals surface area contributed by atoms with Gasteiger partial charge in [-0.25, -0.2) is 0 Å². The zero-order valence-electron chi connectivity index (χ0n) is 9.22. The molecular formula is C12H15NO3. The molecule has 0 heterocycles. The van der Waals surface area contributed by atoms with Crippen LogP contribution in [0.15, 0.2) is 29.0 Å². The molecule has 0 radical (unpaired) electrons. The lowest BCUT2D eigenvalue weighted by molar-refractivity contribution is -0.123. The third-order valence-corrected chi connectivity index (χ3v) is 3.75. The molecule has 16 heavy (non-hydrogen) atoms. The zero-order chi connectivity index (χ0) is 11.8. The Balaban J connectivity index is 2.38. The number of nitroso groups, excluding NO2 is 1. The number of carbonyl (C=O) groups is 1. The van der Waals surface area contributed by atoms with E-state index >= 15 is 0 Å². The maximum absolute atomic E-state index is 11.9. The fourth-order valence-electron chi connectivity index (χ4n) is 2.72. The molecule has 1 N–H and O–H groups in total. The molecule has 0 spiro atoms. The fraction of sp³-hybridized carbons (Fsp3) is 0.583. The SMILES string of the molecule is CC12CC(CO)=CCC(N=O)C1C=CC2=O. The quantitative estimate of drug-likeness (QED) is 0.569. The van der Waals surface area contributed by atoms with Crippen LogP contribution in [0.25, 0.3) is 0 Å². The Morgan fingerprint density at radius 3 is 3.00 bits per heavy atom. The largest absolute Gasteiger partial charge is 0.392 e. The van der Waals surface area contributed by atoms with Crippen LogP contribution in [-0.4, -0.2) is 23.5 Å². The zero-order valence-corrected chi connectivity index (χ0v) is 9.22. The van der Waals surface area contributed by atoms with Crippen molar-refractivity contribution in [2.45, 2.75) is 25.8 Å². The van der Waals surface area contributed by atoms with Crippen molar-refractivity contribution in [2.75, 3.05) is 6.61 Å². The van der Waals surface area contributed by atoms with E-state index in [9.17, 15) is 14.8 Å². The maximum atomic E-state index is 11.9. The van der Waals surface area contributed by atoms with E-state index in [0.29, 0.717) is 12.8 Å². The predicted octanol–water partition coefficient (Wildman–Crippen LogP) is 1.60. The molecule has 3 atom stereocenters. The van der Waals surface area contributed by atoms with Crippen LogP contribution in [0.5, 0.6) is 0 Å². The third kappa shape index (κ3) is 1.53. The number of aliphatic hydroxyl groups is 1. The number of hydrogen-bond acceptors (Lipinski definition) is 4. The number of allylic oxidation sites excluding steroid dienone is 1. The number of carbonyl (C=O) groups excluding carboxylic acids is 1. The normalized spacial score (nSPS) is 37.9. The summed E-state index contributed by atoms with van der Waals surface area (Å²) in [5.41, 5.74) is 0.236. The van der Waals surface area contributed by atoms with Gasteiger partial charge in [-0.2, -0.15) is 4.91 Å². The maximum Gasteiger partial charge on any atom is 0.162 e. The monoisotopic (exact) mass is 221 g/mol. The molecule has 0 aromatic heterocycles. The summed E-state index contributed by atoms with van der Waals surface area (Å²) in [4.78, 5) is 22.7. The summed E-state index contributed by atoms with van der Waals surface area (Å²) in [5, 5.41) is 12.3. The number of aliphatic hydroxyl groups excluding tert-OH is 1. The number of fused-ring (bicyclic) bond motifs is 1. The first-order valence-electron chi connectivity index (χ1n) is 5.45. The van der Waals surface area contributed by atoms with Gasteiger partial charge in [-0.3, -0.25) is 4.79 Å². The van der Waals surface area contributed by atoms with Crippen molar-refractivity contribution in [1.29, 1.82) is 0 Å². The van der Waals surface area contributed by atoms with Gasteiger partial charge in [0.25, 0.3) is 0 Å². The molecule has 3 unspecified atom stereocenters. The molecule has 0 aromatic rings. The van der Waals surface area contributed by atoms with Crippen molar-refractivity contribution in [3.05, 3.63) is 28.7 Å². The van der Waals surface area contributed by atoms with Crippen LogP contribution in [-0.2, 0) is 4.79 Å². The molecule has 0 fully saturated rings. The highest BCUT2D eigenvalue weighted by atomic mass is 16.3. The van der Waals surface area contributed by atoms with Crippen LogP contribution >= 0.6 is 0 Å². The predicted molar refractivity (Wildman–Crippen MR) is 59.7 cm³/mol. The molecule has 0 aliphatic heterocycles. The first-order valence-corrected chi connectivity index (χ1v) is 5.45. The molecule has 0 bridgehead atoms. The summed E-state index contributed by atoms with van der Waals surface area (Å²) in [6, 6.07) is -0.392. The van der Waals surface area contributed by atoms with Gasteiger partial charge in [-0.1, -0.05) is 24.3 Å². The molecule has 0 saturated carbocycles. The van der Waals surface area contributed by atoms with E-state index in [1.807, 2.05) is 13.0 Å². The minimum absolute atomic E-state index is 0.0346. The lowest BCUT2D eigenvalue weighted by Gasteiger charge is -2.30. The molecule has 4 heteroatoms. The summed E-state index contributed by atoms with van der Waals surface area (Å²) in [5.74, 6) is -0.0924. The standard InChI is InChI=1S/C12H15NO3/c1-12-6-8(7-14)2-4-10(13-16)9(12)3-5-11(12)15/h2-3,5,9-10,14H,4,6-7H2,1H3. The van der Waals surface area contributed by atoms with Crippen LogP contribution in [0.2, 0.25) is 0 Å². The fourth-order valence-corrected chi connectivity index (χ4v) is 2.72. The van der Waals surface area contributed by atoms with Crippen LogP contribution in [0, 0.1) is 16.2 Å². The topological polar surface area (TPSA) is 66.7 Å². The van der Waals surface area contributed by atoms with Crippen LogP contribution in [0.1, 0.15) is 19.8 Å². The Labute approximate surface area is 94.0 Å². The van der Waals surface area contributed by atoms with Crippen LogP contribution in [0.3, 0.4) is 0 Å². The number of rotatable bonds is 2. The van der Waals surface area contributed by atoms with Gasteiger partial charge in [-0.15, -0.1) is 0 Å². The van der Waals surface area contributed by atoms with Crippen LogP contribution in [0.4, 0.5) is 0 Å². The Morgan fingerprint density at radius 2 is 2.38 bits per heavy atom. The van der Waals surface area contributed by atoms with Gasteiger partial charge in [0.15, 0.2) is 5.78 Å². The van der Waals surface area contributed by atoms with Crippen molar-refractivity contribution >= 4 is 5.78 Å². The summed E-state index contributed by atoms with van der Waals surface area (Å²) in [6.07, 6.45) is 6.21. The Kier molecular flexibility index (Phi) is 2.76. The Hall–Kier alpha value is -1.29. The highest BCUT2D eigenvalue weighted by molar-refractivity contribution is 5.98. The second kappa shape index (κ2) is 3.94. The average Bonchev–Trinajstić information content (AvgIpc) is 2.49. The highest BCUT2D eigenvalue weighted by Crippen LogP contribution is 2.46. The molecule has 2 aliphatic rings. The smallest absolute Gasteiger partial charge is 0.162 e. The van der Waals surface area contributed by atoms with Gasteiger partial charge in [-0.05, 0) is 24.5 Å². The van der Waals surface area contributed by atoms with E-state index in [1.54, 1.807) is 12.2 Å². The Bertz CT molecular complexity index is 386. The number of ketones is 1. The molecule has 86 valence electrons. The van der Waals surface area contributed by atoms with E-state index in [1.165, 1.54) is 0 Å². The number of nitrogens with zero attached hydrogens (tertiary/aromatic N) is 1. The second-order valence-corrected chi connectivity index (χ2v) is 4.77. The molecule has 0 amide bonds. The Morgan fingerprint density at radius 1 is 1.62 bits per heavy atom. The van der Waals surface area contributed by atoms with E-state index < -0.39 is 11.5 Å². The average molecular weight is 221 g/mol. The van der Waals surface area contributed by atoms with Gasteiger partial charge in [0.2, 0.25) is 0 Å². The van der Waals surface area contributed by atoms with E-state index in [2.05, 4.69) is 5.18 Å². The van der Waals surface area contributed by atoms with E-state index in [0.717, 1.165) is 5.57 Å². The third-order valence-electron chi connectivity index (χ3n) is 3.75. The molecule has 2 rings (SSSR count). The molecule has 2 aliphatic carbocycles. The molecule has 4 nitrogen and oxygen atoms in total. The van der Waals surface area contributed by atoms with E-state index in [-0.39, 0.29) is 18.3 Å². The van der Waals surface area contributed by atoms with Gasteiger partial charge in [0, 0.05) is 11.3 Å². The minimum Gasteiger partial charge on any atom is -0.392 e. The van der Waals surface area contributed by atoms with Gasteiger partial charge < -0.3 is 5.11 Å². The highest BCUT2D eigenvalue weighted by Gasteiger charge is 2.47. The lowest BCUT2D eigenvalue weighted by atomic mass is 9.72. The van der Waals surface area contributed by atoms with Gasteiger partial charge in [0.05, 0.1) is 6.61 Å².